The van der Waals surface area contributed by atoms with Gasteiger partial charge in [-0.15, -0.1) is 0 Å². The van der Waals surface area contributed by atoms with E-state index < -0.39 is 4.92 Å². The molecule has 0 atom stereocenters. The van der Waals surface area contributed by atoms with Gasteiger partial charge in [-0.1, -0.05) is 6.07 Å². The molecule has 0 amide bonds. The maximum absolute atomic E-state index is 11.0. The maximum atomic E-state index is 11.0. The number of nitrogens with one attached hydrogen (secondary N) is 1. The van der Waals surface area contributed by atoms with Crippen LogP contribution in [0.1, 0.15) is 5.56 Å². The third kappa shape index (κ3) is 5.52. The first-order valence-electron chi connectivity index (χ1n) is 6.27. The molecule has 1 N–H and O–H groups in total. The molecule has 0 aromatic heterocycles. The Bertz CT molecular complexity index is 425. The van der Waals surface area contributed by atoms with E-state index in [1.54, 1.807) is 26.4 Å². The minimum Gasteiger partial charge on any atom is -0.484 e. The zero-order valence-corrected chi connectivity index (χ0v) is 11.8. The van der Waals surface area contributed by atoms with Crippen LogP contribution in [0.5, 0.6) is 5.75 Å². The second-order valence-corrected chi connectivity index (χ2v) is 4.07. The Hall–Kier alpha value is -1.70. The first-order valence-corrected chi connectivity index (χ1v) is 6.27. The van der Waals surface area contributed by atoms with Crippen molar-refractivity contribution in [2.45, 2.75) is 6.54 Å². The molecular weight excluding hydrogens is 264 g/mol. The number of nitrogens with zero attached hydrogens (tertiary/aromatic N) is 1. The maximum Gasteiger partial charge on any atom is 0.311 e. The molecule has 112 valence electrons. The summed E-state index contributed by atoms with van der Waals surface area (Å²) in [6.07, 6.45) is 0. The summed E-state index contributed by atoms with van der Waals surface area (Å²) in [5.41, 5.74) is 0.791. The fourth-order valence-electron chi connectivity index (χ4n) is 1.58. The monoisotopic (exact) mass is 284 g/mol. The van der Waals surface area contributed by atoms with E-state index in [2.05, 4.69) is 5.32 Å². The average molecular weight is 284 g/mol. The number of nitro groups is 1. The van der Waals surface area contributed by atoms with E-state index in [1.165, 1.54) is 6.07 Å². The minimum absolute atomic E-state index is 0.0351. The summed E-state index contributed by atoms with van der Waals surface area (Å²) in [4.78, 5) is 10.6. The molecule has 0 aliphatic carbocycles. The van der Waals surface area contributed by atoms with Crippen LogP contribution in [0.2, 0.25) is 0 Å². The summed E-state index contributed by atoms with van der Waals surface area (Å²) >= 11 is 0. The van der Waals surface area contributed by atoms with E-state index in [0.29, 0.717) is 26.3 Å². The van der Waals surface area contributed by atoms with Crippen molar-refractivity contribution in [1.82, 2.24) is 5.32 Å². The van der Waals surface area contributed by atoms with Gasteiger partial charge in [-0.3, -0.25) is 10.1 Å². The van der Waals surface area contributed by atoms with Crippen molar-refractivity contribution in [3.63, 3.8) is 0 Å². The first kappa shape index (κ1) is 16.4. The summed E-state index contributed by atoms with van der Waals surface area (Å²) < 4.78 is 15.1. The lowest BCUT2D eigenvalue weighted by Gasteiger charge is -2.08. The van der Waals surface area contributed by atoms with Crippen molar-refractivity contribution >= 4 is 5.69 Å². The SMILES string of the molecule is COCCNCc1ccc(OCCOC)c([N+](=O)[O-])c1. The molecule has 0 heterocycles. The van der Waals surface area contributed by atoms with E-state index in [-0.39, 0.29) is 18.0 Å². The van der Waals surface area contributed by atoms with E-state index in [4.69, 9.17) is 14.2 Å². The molecule has 0 radical (unpaired) electrons. The van der Waals surface area contributed by atoms with E-state index >= 15 is 0 Å². The van der Waals surface area contributed by atoms with Crippen molar-refractivity contribution in [3.05, 3.63) is 33.9 Å². The molecule has 20 heavy (non-hydrogen) atoms. The van der Waals surface area contributed by atoms with Crippen LogP contribution in [0, 0.1) is 10.1 Å². The van der Waals surface area contributed by atoms with Crippen LogP contribution in [0.25, 0.3) is 0 Å². The molecule has 0 saturated carbocycles. The second-order valence-electron chi connectivity index (χ2n) is 4.07. The van der Waals surface area contributed by atoms with Gasteiger partial charge in [-0.2, -0.15) is 0 Å². The largest absolute Gasteiger partial charge is 0.484 e. The predicted octanol–water partition coefficient (Wildman–Crippen LogP) is 1.36. The molecule has 0 aliphatic heterocycles. The number of ether oxygens (including phenoxy) is 3. The topological polar surface area (TPSA) is 82.9 Å². The quantitative estimate of drug-likeness (QED) is 0.397. The molecule has 1 aromatic rings. The lowest BCUT2D eigenvalue weighted by atomic mass is 10.2. The third-order valence-corrected chi connectivity index (χ3v) is 2.58. The minimum atomic E-state index is -0.444. The zero-order valence-electron chi connectivity index (χ0n) is 11.8. The Kier molecular flexibility index (Phi) is 7.56. The van der Waals surface area contributed by atoms with Crippen LogP contribution in [0.15, 0.2) is 18.2 Å². The fourth-order valence-corrected chi connectivity index (χ4v) is 1.58. The van der Waals surface area contributed by atoms with Gasteiger partial charge in [0.25, 0.3) is 0 Å². The van der Waals surface area contributed by atoms with Gasteiger partial charge in [-0.05, 0) is 11.6 Å². The van der Waals surface area contributed by atoms with Gasteiger partial charge in [0.05, 0.1) is 18.1 Å². The average Bonchev–Trinajstić information content (AvgIpc) is 2.44. The molecule has 1 aromatic carbocycles. The summed E-state index contributed by atoms with van der Waals surface area (Å²) in [5, 5.41) is 14.2. The summed E-state index contributed by atoms with van der Waals surface area (Å²) in [7, 11) is 3.17. The Morgan fingerprint density at radius 2 is 1.95 bits per heavy atom. The van der Waals surface area contributed by atoms with Crippen LogP contribution in [0.3, 0.4) is 0 Å². The zero-order chi connectivity index (χ0) is 14.8. The van der Waals surface area contributed by atoms with Crippen LogP contribution in [0.4, 0.5) is 5.69 Å². The Morgan fingerprint density at radius 1 is 1.20 bits per heavy atom. The van der Waals surface area contributed by atoms with Gasteiger partial charge < -0.3 is 19.5 Å². The van der Waals surface area contributed by atoms with Gasteiger partial charge in [0.1, 0.15) is 6.61 Å². The van der Waals surface area contributed by atoms with Crippen molar-refractivity contribution in [3.8, 4) is 5.75 Å². The highest BCUT2D eigenvalue weighted by atomic mass is 16.6. The van der Waals surface area contributed by atoms with Crippen molar-refractivity contribution in [2.24, 2.45) is 0 Å². The Morgan fingerprint density at radius 3 is 2.60 bits per heavy atom. The predicted molar refractivity (Wildman–Crippen MR) is 74.1 cm³/mol. The van der Waals surface area contributed by atoms with Crippen LogP contribution < -0.4 is 10.1 Å². The lowest BCUT2D eigenvalue weighted by Crippen LogP contribution is -2.18. The number of hydrogen-bond acceptors (Lipinski definition) is 6. The molecule has 0 aliphatic rings. The first-order chi connectivity index (χ1) is 9.69. The van der Waals surface area contributed by atoms with E-state index in [0.717, 1.165) is 5.56 Å². The number of nitro benzene ring substituents is 1. The van der Waals surface area contributed by atoms with Crippen molar-refractivity contribution in [2.75, 3.05) is 40.6 Å². The van der Waals surface area contributed by atoms with Gasteiger partial charge in [0.2, 0.25) is 0 Å². The number of rotatable bonds is 10. The fraction of sp³-hybridized carbons (Fsp3) is 0.538. The van der Waals surface area contributed by atoms with E-state index in [1.807, 2.05) is 0 Å². The molecule has 0 saturated heterocycles. The van der Waals surface area contributed by atoms with Crippen molar-refractivity contribution in [1.29, 1.82) is 0 Å². The number of hydrogen-bond donors (Lipinski definition) is 1. The number of methoxy groups -OCH3 is 2. The highest BCUT2D eigenvalue weighted by Crippen LogP contribution is 2.27. The lowest BCUT2D eigenvalue weighted by molar-refractivity contribution is -0.385. The molecular formula is C13H20N2O5. The molecule has 0 spiro atoms. The van der Waals surface area contributed by atoms with Gasteiger partial charge >= 0.3 is 5.69 Å². The number of benzene rings is 1. The Labute approximate surface area is 118 Å². The second kappa shape index (κ2) is 9.24. The van der Waals surface area contributed by atoms with Crippen molar-refractivity contribution < 1.29 is 19.1 Å². The molecule has 7 nitrogen and oxygen atoms in total. The highest BCUT2D eigenvalue weighted by Gasteiger charge is 2.15. The summed E-state index contributed by atoms with van der Waals surface area (Å²) in [6, 6.07) is 4.93. The molecule has 0 fully saturated rings. The standard InChI is InChI=1S/C13H20N2O5/c1-18-6-5-14-10-11-3-4-13(20-8-7-19-2)12(9-11)15(16)17/h3-4,9,14H,5-8,10H2,1-2H3. The molecule has 0 unspecified atom stereocenters. The van der Waals surface area contributed by atoms with Crippen LogP contribution >= 0.6 is 0 Å². The normalized spacial score (nSPS) is 10.5. The molecule has 0 bridgehead atoms. The van der Waals surface area contributed by atoms with Gasteiger partial charge in [-0.25, -0.2) is 0 Å². The third-order valence-electron chi connectivity index (χ3n) is 2.58. The van der Waals surface area contributed by atoms with E-state index in [9.17, 15) is 10.1 Å². The van der Waals surface area contributed by atoms with Crippen LogP contribution in [-0.2, 0) is 16.0 Å². The molecule has 7 heteroatoms. The summed E-state index contributed by atoms with van der Waals surface area (Å²) in [5.74, 6) is 0.257. The highest BCUT2D eigenvalue weighted by molar-refractivity contribution is 5.48. The smallest absolute Gasteiger partial charge is 0.311 e. The van der Waals surface area contributed by atoms with Gasteiger partial charge in [0.15, 0.2) is 5.75 Å². The molecule has 1 rings (SSSR count). The van der Waals surface area contributed by atoms with Crippen LogP contribution in [-0.4, -0.2) is 45.5 Å². The Balaban J connectivity index is 2.66. The summed E-state index contributed by atoms with van der Waals surface area (Å²) in [6.45, 7) is 2.50. The van der Waals surface area contributed by atoms with Gasteiger partial charge in [0, 0.05) is 33.4 Å².